The number of carbonyl (C=O) groups excluding carboxylic acids is 1. The lowest BCUT2D eigenvalue weighted by atomic mass is 10.1. The molecule has 2 aromatic heterocycles. The van der Waals surface area contributed by atoms with Gasteiger partial charge in [0, 0.05) is 22.8 Å². The molecule has 0 saturated carbocycles. The third-order valence-corrected chi connectivity index (χ3v) is 4.25. The summed E-state index contributed by atoms with van der Waals surface area (Å²) in [6.07, 6.45) is 1.82. The van der Waals surface area contributed by atoms with Crippen LogP contribution in [0, 0.1) is 13.8 Å². The minimum atomic E-state index is 0.0850. The molecular formula is C15H16N2O2S. The van der Waals surface area contributed by atoms with Crippen LogP contribution in [0.3, 0.4) is 0 Å². The smallest absolute Gasteiger partial charge is 0.264 e. The quantitative estimate of drug-likeness (QED) is 0.872. The van der Waals surface area contributed by atoms with Gasteiger partial charge in [0.15, 0.2) is 0 Å². The molecule has 20 heavy (non-hydrogen) atoms. The average molecular weight is 288 g/mol. The van der Waals surface area contributed by atoms with Crippen LogP contribution in [0.4, 0.5) is 0 Å². The van der Waals surface area contributed by atoms with Crippen LogP contribution in [0.15, 0.2) is 30.5 Å². The third-order valence-electron chi connectivity index (χ3n) is 3.26. The zero-order valence-corrected chi connectivity index (χ0v) is 12.3. The van der Waals surface area contributed by atoms with Gasteiger partial charge in [0.2, 0.25) is 0 Å². The lowest BCUT2D eigenvalue weighted by Crippen LogP contribution is -2.56. The minimum absolute atomic E-state index is 0.0850. The van der Waals surface area contributed by atoms with E-state index in [1.807, 2.05) is 43.0 Å². The highest BCUT2D eigenvalue weighted by Gasteiger charge is 2.33. The lowest BCUT2D eigenvalue weighted by molar-refractivity contribution is 0.0181. The monoisotopic (exact) mass is 288 g/mol. The van der Waals surface area contributed by atoms with E-state index in [1.54, 1.807) is 17.5 Å². The molecule has 4 nitrogen and oxygen atoms in total. The van der Waals surface area contributed by atoms with E-state index in [4.69, 9.17) is 4.74 Å². The number of nitrogens with zero attached hydrogens (tertiary/aromatic N) is 2. The Balaban J connectivity index is 1.55. The Kier molecular flexibility index (Phi) is 3.44. The molecule has 3 rings (SSSR count). The van der Waals surface area contributed by atoms with Gasteiger partial charge in [-0.25, -0.2) is 0 Å². The summed E-state index contributed by atoms with van der Waals surface area (Å²) in [4.78, 5) is 20.1. The lowest BCUT2D eigenvalue weighted by Gasteiger charge is -2.38. The third kappa shape index (κ3) is 2.67. The van der Waals surface area contributed by atoms with E-state index in [-0.39, 0.29) is 12.0 Å². The molecule has 1 fully saturated rings. The topological polar surface area (TPSA) is 42.4 Å². The van der Waals surface area contributed by atoms with E-state index in [1.165, 1.54) is 0 Å². The molecule has 1 aliphatic rings. The minimum Gasteiger partial charge on any atom is -0.487 e. The first-order chi connectivity index (χ1) is 9.61. The van der Waals surface area contributed by atoms with Crippen molar-refractivity contribution in [2.75, 3.05) is 13.1 Å². The van der Waals surface area contributed by atoms with E-state index < -0.39 is 0 Å². The zero-order chi connectivity index (χ0) is 14.1. The number of aryl methyl sites for hydroxylation is 2. The molecule has 0 spiro atoms. The first kappa shape index (κ1) is 13.1. The maximum atomic E-state index is 12.2. The summed E-state index contributed by atoms with van der Waals surface area (Å²) in [6.45, 7) is 5.24. The van der Waals surface area contributed by atoms with Crippen molar-refractivity contribution in [3.63, 3.8) is 0 Å². The zero-order valence-electron chi connectivity index (χ0n) is 11.5. The van der Waals surface area contributed by atoms with Crippen molar-refractivity contribution in [1.82, 2.24) is 9.88 Å². The molecule has 0 radical (unpaired) electrons. The first-order valence-electron chi connectivity index (χ1n) is 6.57. The molecule has 1 amide bonds. The summed E-state index contributed by atoms with van der Waals surface area (Å²) in [6, 6.07) is 7.63. The molecule has 104 valence electrons. The number of likely N-dealkylation sites (tertiary alicyclic amines) is 1. The molecule has 1 saturated heterocycles. The largest absolute Gasteiger partial charge is 0.487 e. The Morgan fingerprint density at radius 3 is 2.80 bits per heavy atom. The van der Waals surface area contributed by atoms with Crippen LogP contribution in [0.5, 0.6) is 5.75 Å². The molecule has 0 bridgehead atoms. The first-order valence-corrected chi connectivity index (χ1v) is 7.38. The van der Waals surface area contributed by atoms with Crippen molar-refractivity contribution in [3.05, 3.63) is 45.9 Å². The fourth-order valence-electron chi connectivity index (χ4n) is 2.17. The van der Waals surface area contributed by atoms with E-state index >= 15 is 0 Å². The molecule has 0 aromatic carbocycles. The maximum Gasteiger partial charge on any atom is 0.264 e. The van der Waals surface area contributed by atoms with E-state index in [0.717, 1.165) is 21.2 Å². The van der Waals surface area contributed by atoms with Crippen LogP contribution in [-0.2, 0) is 0 Å². The summed E-state index contributed by atoms with van der Waals surface area (Å²) >= 11 is 1.54. The van der Waals surface area contributed by atoms with Gasteiger partial charge in [-0.2, -0.15) is 0 Å². The molecule has 1 aliphatic heterocycles. The van der Waals surface area contributed by atoms with Crippen molar-refractivity contribution < 1.29 is 9.53 Å². The second kappa shape index (κ2) is 5.25. The van der Waals surface area contributed by atoms with Gasteiger partial charge < -0.3 is 9.64 Å². The Morgan fingerprint density at radius 2 is 2.15 bits per heavy atom. The van der Waals surface area contributed by atoms with Gasteiger partial charge in [-0.05, 0) is 32.0 Å². The highest BCUT2D eigenvalue weighted by Crippen LogP contribution is 2.23. The number of thiophene rings is 1. The van der Waals surface area contributed by atoms with Gasteiger partial charge in [-0.1, -0.05) is 0 Å². The predicted molar refractivity (Wildman–Crippen MR) is 78.3 cm³/mol. The fourth-order valence-corrected chi connectivity index (χ4v) is 3.00. The van der Waals surface area contributed by atoms with Crippen molar-refractivity contribution in [2.45, 2.75) is 20.0 Å². The van der Waals surface area contributed by atoms with Crippen molar-refractivity contribution in [1.29, 1.82) is 0 Å². The van der Waals surface area contributed by atoms with Crippen molar-refractivity contribution >= 4 is 17.2 Å². The van der Waals surface area contributed by atoms with E-state index in [2.05, 4.69) is 4.98 Å². The van der Waals surface area contributed by atoms with Crippen LogP contribution in [0.2, 0.25) is 0 Å². The van der Waals surface area contributed by atoms with Crippen molar-refractivity contribution in [3.8, 4) is 5.75 Å². The number of amides is 1. The number of pyridine rings is 1. The van der Waals surface area contributed by atoms with Gasteiger partial charge in [-0.3, -0.25) is 9.78 Å². The normalized spacial score (nSPS) is 15.0. The van der Waals surface area contributed by atoms with Gasteiger partial charge in [0.05, 0.1) is 18.0 Å². The van der Waals surface area contributed by atoms with Gasteiger partial charge in [0.1, 0.15) is 11.9 Å². The highest BCUT2D eigenvalue weighted by molar-refractivity contribution is 7.13. The molecule has 5 heteroatoms. The van der Waals surface area contributed by atoms with E-state index in [0.29, 0.717) is 13.1 Å². The molecule has 0 aliphatic carbocycles. The van der Waals surface area contributed by atoms with Crippen LogP contribution in [-0.4, -0.2) is 35.0 Å². The van der Waals surface area contributed by atoms with Crippen LogP contribution >= 0.6 is 11.3 Å². The molecule has 0 unspecified atom stereocenters. The Morgan fingerprint density at radius 1 is 1.35 bits per heavy atom. The van der Waals surface area contributed by atoms with E-state index in [9.17, 15) is 4.79 Å². The molecular weight excluding hydrogens is 272 g/mol. The van der Waals surface area contributed by atoms with Crippen LogP contribution in [0.1, 0.15) is 20.2 Å². The number of hydrogen-bond acceptors (Lipinski definition) is 4. The van der Waals surface area contributed by atoms with Crippen molar-refractivity contribution in [2.24, 2.45) is 0 Å². The summed E-state index contributed by atoms with van der Waals surface area (Å²) in [5.41, 5.74) is 0.934. The SMILES string of the molecule is Cc1cc(OC2CN(C(=O)c3ccc(C)s3)C2)ccn1. The van der Waals surface area contributed by atoms with Gasteiger partial charge in [0.25, 0.3) is 5.91 Å². The number of aromatic nitrogens is 1. The number of hydrogen-bond donors (Lipinski definition) is 0. The highest BCUT2D eigenvalue weighted by atomic mass is 32.1. The number of carbonyl (C=O) groups is 1. The molecule has 0 atom stereocenters. The summed E-state index contributed by atoms with van der Waals surface area (Å²) in [5, 5.41) is 0. The fraction of sp³-hybridized carbons (Fsp3) is 0.333. The number of ether oxygens (including phenoxy) is 1. The average Bonchev–Trinajstić information content (AvgIpc) is 2.79. The van der Waals surface area contributed by atoms with Crippen LogP contribution < -0.4 is 4.74 Å². The second-order valence-electron chi connectivity index (χ2n) is 4.99. The van der Waals surface area contributed by atoms with Gasteiger partial charge >= 0.3 is 0 Å². The summed E-state index contributed by atoms with van der Waals surface area (Å²) < 4.78 is 5.82. The van der Waals surface area contributed by atoms with Crippen LogP contribution in [0.25, 0.3) is 0 Å². The molecule has 0 N–H and O–H groups in total. The summed E-state index contributed by atoms with van der Waals surface area (Å²) in [5.74, 6) is 0.926. The standard InChI is InChI=1S/C15H16N2O2S/c1-10-7-12(5-6-16-10)19-13-8-17(9-13)15(18)14-4-3-11(2)20-14/h3-7,13H,8-9H2,1-2H3. The molecule has 3 heterocycles. The predicted octanol–water partition coefficient (Wildman–Crippen LogP) is 2.66. The Labute approximate surface area is 122 Å². The second-order valence-corrected chi connectivity index (χ2v) is 6.28. The van der Waals surface area contributed by atoms with Gasteiger partial charge in [-0.15, -0.1) is 11.3 Å². The Bertz CT molecular complexity index is 632. The number of rotatable bonds is 3. The Hall–Kier alpha value is -1.88. The maximum absolute atomic E-state index is 12.2. The summed E-state index contributed by atoms with van der Waals surface area (Å²) in [7, 11) is 0. The molecule has 2 aromatic rings.